The second-order valence-corrected chi connectivity index (χ2v) is 8.09. The average molecular weight is 377 g/mol. The molecule has 0 fully saturated rings. The molecule has 0 saturated carbocycles. The Labute approximate surface area is 151 Å². The van der Waals surface area contributed by atoms with Gasteiger partial charge in [0.2, 0.25) is 10.0 Å². The van der Waals surface area contributed by atoms with Gasteiger partial charge in [0.25, 0.3) is 0 Å². The van der Waals surface area contributed by atoms with E-state index in [4.69, 9.17) is 4.74 Å². The van der Waals surface area contributed by atoms with Crippen LogP contribution in [0.3, 0.4) is 0 Å². The van der Waals surface area contributed by atoms with Crippen LogP contribution < -0.4 is 9.46 Å². The lowest BCUT2D eigenvalue weighted by atomic mass is 10.1. The van der Waals surface area contributed by atoms with Crippen LogP contribution in [0.1, 0.15) is 24.2 Å². The topological polar surface area (TPSA) is 73.2 Å². The zero-order chi connectivity index (χ0) is 18.0. The summed E-state index contributed by atoms with van der Waals surface area (Å²) in [5, 5.41) is 7.75. The van der Waals surface area contributed by atoms with E-state index in [1.54, 1.807) is 34.8 Å². The third kappa shape index (κ3) is 3.60. The third-order valence-electron chi connectivity index (χ3n) is 3.97. The van der Waals surface area contributed by atoms with Crippen molar-refractivity contribution in [2.45, 2.75) is 24.8 Å². The molecule has 0 radical (unpaired) electrons. The maximum absolute atomic E-state index is 12.4. The lowest BCUT2D eigenvalue weighted by Gasteiger charge is -2.14. The Bertz CT molecular complexity index is 946. The maximum atomic E-state index is 12.4. The molecule has 0 aliphatic heterocycles. The highest BCUT2D eigenvalue weighted by molar-refractivity contribution is 7.89. The van der Waals surface area contributed by atoms with Crippen LogP contribution in [0.15, 0.2) is 52.2 Å². The van der Waals surface area contributed by atoms with Gasteiger partial charge in [0.05, 0.1) is 23.9 Å². The molecular formula is C17H19N3O3S2. The Kier molecular flexibility index (Phi) is 4.94. The van der Waals surface area contributed by atoms with Crippen LogP contribution in [0.4, 0.5) is 0 Å². The van der Waals surface area contributed by atoms with Gasteiger partial charge >= 0.3 is 0 Å². The standard InChI is InChI=1S/C17H19N3O3S2/c1-12(19-25(21,22)16-8-9-24-11-16)17-10-18-20(13(17)2)14-4-6-15(23-3)7-5-14/h4-12,19H,1-3H3. The third-order valence-corrected chi connectivity index (χ3v) is 6.34. The number of hydrogen-bond donors (Lipinski definition) is 1. The fraction of sp³-hybridized carbons (Fsp3) is 0.235. The first kappa shape index (κ1) is 17.7. The highest BCUT2D eigenvalue weighted by Crippen LogP contribution is 2.23. The number of benzene rings is 1. The molecule has 0 aliphatic carbocycles. The molecule has 132 valence electrons. The minimum absolute atomic E-state index is 0.282. The van der Waals surface area contributed by atoms with Gasteiger partial charge in [-0.1, -0.05) is 0 Å². The molecule has 0 spiro atoms. The Morgan fingerprint density at radius 1 is 1.24 bits per heavy atom. The summed E-state index contributed by atoms with van der Waals surface area (Å²) in [6, 6.07) is 8.73. The van der Waals surface area contributed by atoms with Crippen molar-refractivity contribution in [1.29, 1.82) is 0 Å². The van der Waals surface area contributed by atoms with Gasteiger partial charge in [0.1, 0.15) is 5.75 Å². The van der Waals surface area contributed by atoms with Crippen LogP contribution >= 0.6 is 11.3 Å². The van der Waals surface area contributed by atoms with E-state index in [-0.39, 0.29) is 4.90 Å². The summed E-state index contributed by atoms with van der Waals surface area (Å²) in [6.07, 6.45) is 1.69. The second-order valence-electron chi connectivity index (χ2n) is 5.60. The van der Waals surface area contributed by atoms with E-state index in [9.17, 15) is 8.42 Å². The van der Waals surface area contributed by atoms with Gasteiger partial charge in [0.15, 0.2) is 0 Å². The van der Waals surface area contributed by atoms with Gasteiger partial charge in [-0.25, -0.2) is 17.8 Å². The molecule has 0 bridgehead atoms. The SMILES string of the molecule is COc1ccc(-n2ncc(C(C)NS(=O)(=O)c3ccsc3)c2C)cc1. The molecule has 0 amide bonds. The average Bonchev–Trinajstić information content (AvgIpc) is 3.24. The van der Waals surface area contributed by atoms with Crippen LogP contribution in [0.5, 0.6) is 5.75 Å². The Hall–Kier alpha value is -2.16. The molecule has 25 heavy (non-hydrogen) atoms. The summed E-state index contributed by atoms with van der Waals surface area (Å²) in [4.78, 5) is 0.282. The van der Waals surface area contributed by atoms with Gasteiger partial charge in [-0.05, 0) is 49.6 Å². The van der Waals surface area contributed by atoms with Crippen molar-refractivity contribution in [1.82, 2.24) is 14.5 Å². The first-order chi connectivity index (χ1) is 11.9. The number of rotatable bonds is 6. The number of nitrogens with zero attached hydrogens (tertiary/aromatic N) is 2. The molecule has 1 N–H and O–H groups in total. The van der Waals surface area contributed by atoms with Crippen LogP contribution in [0.2, 0.25) is 0 Å². The minimum Gasteiger partial charge on any atom is -0.497 e. The Balaban J connectivity index is 1.85. The molecule has 1 unspecified atom stereocenters. The molecule has 3 rings (SSSR count). The van der Waals surface area contributed by atoms with E-state index in [0.29, 0.717) is 0 Å². The molecule has 1 atom stereocenters. The van der Waals surface area contributed by atoms with Crippen molar-refractivity contribution in [2.24, 2.45) is 0 Å². The Morgan fingerprint density at radius 3 is 2.56 bits per heavy atom. The van der Waals surface area contributed by atoms with E-state index < -0.39 is 16.1 Å². The number of hydrogen-bond acceptors (Lipinski definition) is 5. The predicted molar refractivity (Wildman–Crippen MR) is 97.9 cm³/mol. The summed E-state index contributed by atoms with van der Waals surface area (Å²) < 4.78 is 34.4. The van der Waals surface area contributed by atoms with E-state index >= 15 is 0 Å². The zero-order valence-electron chi connectivity index (χ0n) is 14.1. The molecule has 6 nitrogen and oxygen atoms in total. The summed E-state index contributed by atoms with van der Waals surface area (Å²) >= 11 is 1.35. The second kappa shape index (κ2) is 6.99. The van der Waals surface area contributed by atoms with E-state index in [2.05, 4.69) is 9.82 Å². The van der Waals surface area contributed by atoms with Crippen molar-refractivity contribution < 1.29 is 13.2 Å². The molecule has 2 aromatic heterocycles. The minimum atomic E-state index is -3.54. The monoisotopic (exact) mass is 377 g/mol. The number of nitrogens with one attached hydrogen (secondary N) is 1. The summed E-state index contributed by atoms with van der Waals surface area (Å²) in [5.41, 5.74) is 2.60. The van der Waals surface area contributed by atoms with Gasteiger partial charge in [-0.3, -0.25) is 0 Å². The van der Waals surface area contributed by atoms with Crippen molar-refractivity contribution in [2.75, 3.05) is 7.11 Å². The molecule has 0 saturated heterocycles. The summed E-state index contributed by atoms with van der Waals surface area (Å²) in [6.45, 7) is 3.73. The molecule has 1 aromatic carbocycles. The largest absolute Gasteiger partial charge is 0.497 e. The van der Waals surface area contributed by atoms with Gasteiger partial charge in [0, 0.05) is 22.7 Å². The molecule has 8 heteroatoms. The predicted octanol–water partition coefficient (Wildman–Crippen LogP) is 3.29. The fourth-order valence-electron chi connectivity index (χ4n) is 2.60. The zero-order valence-corrected chi connectivity index (χ0v) is 15.8. The van der Waals surface area contributed by atoms with E-state index in [1.165, 1.54) is 11.3 Å². The number of ether oxygens (including phenoxy) is 1. The number of aromatic nitrogens is 2. The number of thiophene rings is 1. The number of sulfonamides is 1. The fourth-order valence-corrected chi connectivity index (χ4v) is 4.85. The van der Waals surface area contributed by atoms with Crippen LogP contribution in [0, 0.1) is 6.92 Å². The quantitative estimate of drug-likeness (QED) is 0.715. The van der Waals surface area contributed by atoms with Crippen molar-refractivity contribution in [3.63, 3.8) is 0 Å². The first-order valence-corrected chi connectivity index (χ1v) is 10.1. The molecule has 0 aliphatic rings. The number of methoxy groups -OCH3 is 1. The first-order valence-electron chi connectivity index (χ1n) is 7.66. The van der Waals surface area contributed by atoms with E-state index in [1.807, 2.05) is 38.1 Å². The highest BCUT2D eigenvalue weighted by atomic mass is 32.2. The van der Waals surface area contributed by atoms with Crippen molar-refractivity contribution in [3.05, 3.63) is 58.5 Å². The normalized spacial score (nSPS) is 12.9. The van der Waals surface area contributed by atoms with Crippen molar-refractivity contribution >= 4 is 21.4 Å². The van der Waals surface area contributed by atoms with E-state index in [0.717, 1.165) is 22.7 Å². The molecular weight excluding hydrogens is 358 g/mol. The smallest absolute Gasteiger partial charge is 0.241 e. The van der Waals surface area contributed by atoms with Crippen LogP contribution in [-0.2, 0) is 10.0 Å². The maximum Gasteiger partial charge on any atom is 0.241 e. The summed E-state index contributed by atoms with van der Waals surface area (Å²) in [7, 11) is -1.92. The van der Waals surface area contributed by atoms with Crippen LogP contribution in [-0.4, -0.2) is 25.3 Å². The lowest BCUT2D eigenvalue weighted by molar-refractivity contribution is 0.414. The van der Waals surface area contributed by atoms with Crippen LogP contribution in [0.25, 0.3) is 5.69 Å². The highest BCUT2D eigenvalue weighted by Gasteiger charge is 2.21. The molecule has 3 aromatic rings. The molecule has 2 heterocycles. The van der Waals surface area contributed by atoms with Gasteiger partial charge in [-0.15, -0.1) is 0 Å². The van der Waals surface area contributed by atoms with Gasteiger partial charge < -0.3 is 4.74 Å². The van der Waals surface area contributed by atoms with Gasteiger partial charge in [-0.2, -0.15) is 16.4 Å². The summed E-state index contributed by atoms with van der Waals surface area (Å²) in [5.74, 6) is 0.769. The Morgan fingerprint density at radius 2 is 1.96 bits per heavy atom. The lowest BCUT2D eigenvalue weighted by Crippen LogP contribution is -2.26. The van der Waals surface area contributed by atoms with Crippen molar-refractivity contribution in [3.8, 4) is 11.4 Å².